The Bertz CT molecular complexity index is 926. The molecule has 0 spiro atoms. The van der Waals surface area contributed by atoms with E-state index in [1.807, 2.05) is 31.2 Å². The van der Waals surface area contributed by atoms with Crippen molar-refractivity contribution in [3.05, 3.63) is 48.4 Å². The molecule has 3 heterocycles. The second kappa shape index (κ2) is 4.09. The van der Waals surface area contributed by atoms with E-state index in [0.29, 0.717) is 5.82 Å². The number of aromatic amines is 1. The van der Waals surface area contributed by atoms with Crippen molar-refractivity contribution in [2.45, 2.75) is 6.92 Å². The minimum absolute atomic E-state index is 0.609. The lowest BCUT2D eigenvalue weighted by molar-refractivity contribution is 1.04. The van der Waals surface area contributed by atoms with Gasteiger partial charge in [-0.3, -0.25) is 10.1 Å². The molecule has 0 fully saturated rings. The first-order valence-electron chi connectivity index (χ1n) is 6.35. The molecule has 0 aliphatic heterocycles. The van der Waals surface area contributed by atoms with Crippen molar-refractivity contribution in [2.24, 2.45) is 0 Å². The van der Waals surface area contributed by atoms with Gasteiger partial charge in [0.15, 0.2) is 5.82 Å². The molecule has 1 N–H and O–H groups in total. The highest BCUT2D eigenvalue weighted by Gasteiger charge is 2.08. The highest BCUT2D eigenvalue weighted by Crippen LogP contribution is 2.24. The first-order valence-corrected chi connectivity index (χ1v) is 6.35. The fourth-order valence-electron chi connectivity index (χ4n) is 2.31. The van der Waals surface area contributed by atoms with Crippen LogP contribution >= 0.6 is 0 Å². The van der Waals surface area contributed by atoms with Crippen LogP contribution in [0.2, 0.25) is 0 Å². The number of nitrogens with one attached hydrogen (secondary N) is 1. The number of H-pyrrole nitrogens is 1. The molecule has 0 bridgehead atoms. The van der Waals surface area contributed by atoms with Crippen molar-refractivity contribution in [3.63, 3.8) is 0 Å². The van der Waals surface area contributed by atoms with Crippen LogP contribution in [-0.4, -0.2) is 25.1 Å². The number of hydrogen-bond donors (Lipinski definition) is 1. The monoisotopic (exact) mass is 261 g/mol. The van der Waals surface area contributed by atoms with Crippen LogP contribution in [0.4, 0.5) is 0 Å². The number of aryl methyl sites for hydroxylation is 1. The molecule has 0 atom stereocenters. The van der Waals surface area contributed by atoms with Gasteiger partial charge in [-0.15, -0.1) is 0 Å². The molecule has 0 aliphatic carbocycles. The molecular formula is C15H11N5. The van der Waals surface area contributed by atoms with E-state index in [2.05, 4.69) is 37.3 Å². The van der Waals surface area contributed by atoms with Gasteiger partial charge in [-0.05, 0) is 19.1 Å². The van der Waals surface area contributed by atoms with Crippen molar-refractivity contribution in [2.75, 3.05) is 0 Å². The lowest BCUT2D eigenvalue weighted by Gasteiger charge is -2.03. The van der Waals surface area contributed by atoms with Gasteiger partial charge in [0.05, 0.1) is 11.0 Å². The number of fused-ring (bicyclic) bond motifs is 3. The Hall–Kier alpha value is -2.82. The van der Waals surface area contributed by atoms with Crippen molar-refractivity contribution >= 4 is 21.8 Å². The predicted octanol–water partition coefficient (Wildman–Crippen LogP) is 2.88. The van der Waals surface area contributed by atoms with Gasteiger partial charge in [-0.25, -0.2) is 9.97 Å². The minimum atomic E-state index is 0.609. The largest absolute Gasteiger partial charge is 0.263 e. The summed E-state index contributed by atoms with van der Waals surface area (Å²) in [6, 6.07) is 12.0. The molecule has 0 aliphatic rings. The summed E-state index contributed by atoms with van der Waals surface area (Å²) in [5, 5.41) is 9.13. The number of aromatic nitrogens is 5. The molecule has 3 aromatic heterocycles. The summed E-state index contributed by atoms with van der Waals surface area (Å²) in [5.74, 6) is 1.38. The molecule has 0 saturated heterocycles. The third-order valence-corrected chi connectivity index (χ3v) is 3.26. The molecule has 0 radical (unpaired) electrons. The summed E-state index contributed by atoms with van der Waals surface area (Å²) >= 11 is 0. The van der Waals surface area contributed by atoms with Gasteiger partial charge in [0.25, 0.3) is 0 Å². The molecule has 0 unspecified atom stereocenters. The van der Waals surface area contributed by atoms with Crippen LogP contribution in [0.1, 0.15) is 5.82 Å². The summed E-state index contributed by atoms with van der Waals surface area (Å²) in [5.41, 5.74) is 2.53. The van der Waals surface area contributed by atoms with Gasteiger partial charge >= 0.3 is 0 Å². The summed E-state index contributed by atoms with van der Waals surface area (Å²) < 4.78 is 0. The SMILES string of the molecule is Cc1nc(-c2ccc3ccc4cccnc4c3n2)n[nH]1. The van der Waals surface area contributed by atoms with Crippen LogP contribution in [0.5, 0.6) is 0 Å². The predicted molar refractivity (Wildman–Crippen MR) is 77.2 cm³/mol. The number of nitrogens with zero attached hydrogens (tertiary/aromatic N) is 4. The van der Waals surface area contributed by atoms with Crippen molar-refractivity contribution in [1.82, 2.24) is 25.1 Å². The highest BCUT2D eigenvalue weighted by molar-refractivity contribution is 6.03. The van der Waals surface area contributed by atoms with Gasteiger partial charge in [-0.2, -0.15) is 5.10 Å². The number of benzene rings is 1. The van der Waals surface area contributed by atoms with Crippen molar-refractivity contribution < 1.29 is 0 Å². The Labute approximate surface area is 114 Å². The maximum atomic E-state index is 4.68. The van der Waals surface area contributed by atoms with E-state index in [1.165, 1.54) is 0 Å². The highest BCUT2D eigenvalue weighted by atomic mass is 15.2. The van der Waals surface area contributed by atoms with Gasteiger partial charge in [0.2, 0.25) is 0 Å². The third-order valence-electron chi connectivity index (χ3n) is 3.26. The fourth-order valence-corrected chi connectivity index (χ4v) is 2.31. The van der Waals surface area contributed by atoms with Crippen LogP contribution in [0.25, 0.3) is 33.3 Å². The van der Waals surface area contributed by atoms with Crippen molar-refractivity contribution in [3.8, 4) is 11.5 Å². The molecule has 96 valence electrons. The van der Waals surface area contributed by atoms with Crippen LogP contribution in [0.15, 0.2) is 42.6 Å². The standard InChI is InChI=1S/C15H11N5/c1-9-17-15(20-19-9)12-7-6-11-5-4-10-3-2-8-16-13(10)14(11)18-12/h2-8H,1H3,(H,17,19,20). The molecule has 20 heavy (non-hydrogen) atoms. The molecule has 1 aromatic carbocycles. The summed E-state index contributed by atoms with van der Waals surface area (Å²) in [6.45, 7) is 1.87. The van der Waals surface area contributed by atoms with Gasteiger partial charge in [-0.1, -0.05) is 24.3 Å². The Kier molecular flexibility index (Phi) is 2.26. The van der Waals surface area contributed by atoms with Gasteiger partial charge < -0.3 is 0 Å². The molecule has 0 amide bonds. The van der Waals surface area contributed by atoms with E-state index < -0.39 is 0 Å². The lowest BCUT2D eigenvalue weighted by Crippen LogP contribution is -1.90. The number of hydrogen-bond acceptors (Lipinski definition) is 4. The third kappa shape index (κ3) is 1.64. The molecule has 4 aromatic rings. The van der Waals surface area contributed by atoms with E-state index in [9.17, 15) is 0 Å². The quantitative estimate of drug-likeness (QED) is 0.535. The Balaban J connectivity index is 2.04. The van der Waals surface area contributed by atoms with Gasteiger partial charge in [0, 0.05) is 17.0 Å². The summed E-state index contributed by atoms with van der Waals surface area (Å²) in [6.07, 6.45) is 1.78. The summed E-state index contributed by atoms with van der Waals surface area (Å²) in [7, 11) is 0. The maximum Gasteiger partial charge on any atom is 0.199 e. The first kappa shape index (κ1) is 11.0. The Morgan fingerprint density at radius 1 is 0.900 bits per heavy atom. The molecule has 4 rings (SSSR count). The average molecular weight is 261 g/mol. The zero-order valence-corrected chi connectivity index (χ0v) is 10.8. The Morgan fingerprint density at radius 2 is 1.70 bits per heavy atom. The van der Waals surface area contributed by atoms with E-state index in [-0.39, 0.29) is 0 Å². The topological polar surface area (TPSA) is 67.3 Å². The second-order valence-corrected chi connectivity index (χ2v) is 4.65. The normalized spacial score (nSPS) is 11.2. The second-order valence-electron chi connectivity index (χ2n) is 4.65. The van der Waals surface area contributed by atoms with Crippen LogP contribution in [0.3, 0.4) is 0 Å². The van der Waals surface area contributed by atoms with E-state index in [4.69, 9.17) is 0 Å². The maximum absolute atomic E-state index is 4.68. The van der Waals surface area contributed by atoms with E-state index >= 15 is 0 Å². The van der Waals surface area contributed by atoms with Crippen LogP contribution < -0.4 is 0 Å². The minimum Gasteiger partial charge on any atom is -0.263 e. The van der Waals surface area contributed by atoms with E-state index in [1.54, 1.807) is 6.20 Å². The average Bonchev–Trinajstić information content (AvgIpc) is 2.93. The number of rotatable bonds is 1. The lowest BCUT2D eigenvalue weighted by atomic mass is 10.1. The summed E-state index contributed by atoms with van der Waals surface area (Å²) in [4.78, 5) is 13.4. The number of pyridine rings is 2. The van der Waals surface area contributed by atoms with Crippen molar-refractivity contribution in [1.29, 1.82) is 0 Å². The Morgan fingerprint density at radius 3 is 2.50 bits per heavy atom. The first-order chi connectivity index (χ1) is 9.81. The zero-order valence-electron chi connectivity index (χ0n) is 10.8. The molecule has 5 heteroatoms. The molecule has 0 saturated carbocycles. The zero-order chi connectivity index (χ0) is 13.5. The van der Waals surface area contributed by atoms with E-state index in [0.717, 1.165) is 33.3 Å². The van der Waals surface area contributed by atoms with Crippen LogP contribution in [-0.2, 0) is 0 Å². The molecular weight excluding hydrogens is 250 g/mol. The van der Waals surface area contributed by atoms with Gasteiger partial charge in [0.1, 0.15) is 11.5 Å². The fraction of sp³-hybridized carbons (Fsp3) is 0.0667. The smallest absolute Gasteiger partial charge is 0.199 e. The van der Waals surface area contributed by atoms with Crippen LogP contribution in [0, 0.1) is 6.92 Å². The molecule has 5 nitrogen and oxygen atoms in total.